The summed E-state index contributed by atoms with van der Waals surface area (Å²) in [4.78, 5) is 34.4. The van der Waals surface area contributed by atoms with Gasteiger partial charge in [-0.05, 0) is 17.2 Å². The van der Waals surface area contributed by atoms with E-state index in [1.807, 2.05) is 60.7 Å². The molecule has 6 heteroatoms. The Morgan fingerprint density at radius 3 is 1.77 bits per heavy atom. The maximum atomic E-state index is 12.7. The third-order valence-corrected chi connectivity index (χ3v) is 3.71. The molecule has 0 spiro atoms. The van der Waals surface area contributed by atoms with Crippen molar-refractivity contribution in [1.82, 2.24) is 14.9 Å². The number of benzene rings is 2. The first-order chi connectivity index (χ1) is 12.7. The summed E-state index contributed by atoms with van der Waals surface area (Å²) in [6.45, 7) is 0.662. The second kappa shape index (κ2) is 8.53. The van der Waals surface area contributed by atoms with E-state index < -0.39 is 11.8 Å². The van der Waals surface area contributed by atoms with E-state index >= 15 is 0 Å². The number of amides is 2. The highest BCUT2D eigenvalue weighted by Crippen LogP contribution is 2.11. The van der Waals surface area contributed by atoms with E-state index in [0.29, 0.717) is 13.1 Å². The minimum atomic E-state index is -0.761. The van der Waals surface area contributed by atoms with E-state index in [4.69, 9.17) is 0 Å². The first-order valence-electron chi connectivity index (χ1n) is 8.17. The summed E-state index contributed by atoms with van der Waals surface area (Å²) in [6.07, 6.45) is 3.00. The summed E-state index contributed by atoms with van der Waals surface area (Å²) in [6, 6.07) is 20.7. The number of aromatic nitrogens is 2. The largest absolute Gasteiger partial charge is 0.326 e. The van der Waals surface area contributed by atoms with Crippen molar-refractivity contribution in [1.29, 1.82) is 0 Å². The standard InChI is InChI=1S/C20H18N4O2/c25-18(23-20-21-12-7-13-22-20)19(26)24(14-16-8-3-1-4-9-16)15-17-10-5-2-6-11-17/h1-13H,14-15H2,(H,21,22,23,25). The maximum Gasteiger partial charge on any atom is 0.316 e. The molecule has 1 N–H and O–H groups in total. The van der Waals surface area contributed by atoms with E-state index in [0.717, 1.165) is 11.1 Å². The average molecular weight is 346 g/mol. The lowest BCUT2D eigenvalue weighted by molar-refractivity contribution is -0.144. The van der Waals surface area contributed by atoms with Crippen LogP contribution in [0.3, 0.4) is 0 Å². The van der Waals surface area contributed by atoms with Gasteiger partial charge in [-0.2, -0.15) is 0 Å². The normalized spacial score (nSPS) is 10.2. The highest BCUT2D eigenvalue weighted by Gasteiger charge is 2.23. The van der Waals surface area contributed by atoms with Crippen molar-refractivity contribution in [2.45, 2.75) is 13.1 Å². The Kier molecular flexibility index (Phi) is 5.67. The summed E-state index contributed by atoms with van der Waals surface area (Å²) in [5, 5.41) is 2.44. The molecule has 0 unspecified atom stereocenters. The molecule has 2 aromatic carbocycles. The molecule has 0 fully saturated rings. The van der Waals surface area contributed by atoms with Crippen molar-refractivity contribution in [2.75, 3.05) is 5.32 Å². The summed E-state index contributed by atoms with van der Waals surface area (Å²) >= 11 is 0. The molecule has 0 aliphatic heterocycles. The van der Waals surface area contributed by atoms with Crippen molar-refractivity contribution in [2.24, 2.45) is 0 Å². The van der Waals surface area contributed by atoms with Gasteiger partial charge >= 0.3 is 11.8 Å². The Morgan fingerprint density at radius 2 is 1.27 bits per heavy atom. The highest BCUT2D eigenvalue weighted by molar-refractivity contribution is 6.39. The molecule has 26 heavy (non-hydrogen) atoms. The number of hydrogen-bond acceptors (Lipinski definition) is 4. The molecule has 3 aromatic rings. The molecule has 0 aliphatic carbocycles. The van der Waals surface area contributed by atoms with Crippen LogP contribution in [0.4, 0.5) is 5.95 Å². The fraction of sp³-hybridized carbons (Fsp3) is 0.100. The van der Waals surface area contributed by atoms with Crippen LogP contribution in [0.25, 0.3) is 0 Å². The van der Waals surface area contributed by atoms with Gasteiger partial charge < -0.3 is 4.90 Å². The topological polar surface area (TPSA) is 75.2 Å². The average Bonchev–Trinajstić information content (AvgIpc) is 2.69. The zero-order chi connectivity index (χ0) is 18.2. The minimum Gasteiger partial charge on any atom is -0.326 e. The zero-order valence-corrected chi connectivity index (χ0v) is 14.1. The molecule has 0 atom stereocenters. The quantitative estimate of drug-likeness (QED) is 0.721. The van der Waals surface area contributed by atoms with E-state index in [2.05, 4.69) is 15.3 Å². The van der Waals surface area contributed by atoms with Crippen LogP contribution >= 0.6 is 0 Å². The van der Waals surface area contributed by atoms with Crippen LogP contribution in [-0.4, -0.2) is 26.7 Å². The Hall–Kier alpha value is -3.54. The van der Waals surface area contributed by atoms with E-state index in [1.54, 1.807) is 6.07 Å². The van der Waals surface area contributed by atoms with Crippen LogP contribution < -0.4 is 5.32 Å². The summed E-state index contributed by atoms with van der Waals surface area (Å²) in [7, 11) is 0. The molecule has 1 aromatic heterocycles. The molecule has 0 bridgehead atoms. The van der Waals surface area contributed by atoms with Gasteiger partial charge in [0.2, 0.25) is 5.95 Å². The maximum absolute atomic E-state index is 12.7. The van der Waals surface area contributed by atoms with Crippen molar-refractivity contribution < 1.29 is 9.59 Å². The molecular formula is C20H18N4O2. The van der Waals surface area contributed by atoms with Gasteiger partial charge in [0.1, 0.15) is 0 Å². The third-order valence-electron chi connectivity index (χ3n) is 3.71. The Morgan fingerprint density at radius 1 is 0.769 bits per heavy atom. The molecule has 2 amide bonds. The Bertz CT molecular complexity index is 813. The second-order valence-electron chi connectivity index (χ2n) is 5.66. The van der Waals surface area contributed by atoms with Crippen LogP contribution in [0.1, 0.15) is 11.1 Å². The van der Waals surface area contributed by atoms with Crippen LogP contribution in [-0.2, 0) is 22.7 Å². The number of hydrogen-bond donors (Lipinski definition) is 1. The van der Waals surface area contributed by atoms with Crippen LogP contribution in [0.2, 0.25) is 0 Å². The van der Waals surface area contributed by atoms with Gasteiger partial charge in [0, 0.05) is 25.5 Å². The number of carbonyl (C=O) groups is 2. The predicted molar refractivity (Wildman–Crippen MR) is 97.8 cm³/mol. The first-order valence-corrected chi connectivity index (χ1v) is 8.17. The Labute approximate surface area is 151 Å². The third kappa shape index (κ3) is 4.73. The van der Waals surface area contributed by atoms with Gasteiger partial charge in [0.15, 0.2) is 0 Å². The minimum absolute atomic E-state index is 0.102. The summed E-state index contributed by atoms with van der Waals surface area (Å²) in [5.41, 5.74) is 1.89. The van der Waals surface area contributed by atoms with Gasteiger partial charge in [-0.25, -0.2) is 9.97 Å². The van der Waals surface area contributed by atoms with Crippen molar-refractivity contribution in [3.63, 3.8) is 0 Å². The number of anilines is 1. The molecule has 6 nitrogen and oxygen atoms in total. The molecule has 0 saturated heterocycles. The van der Waals surface area contributed by atoms with E-state index in [1.165, 1.54) is 17.3 Å². The SMILES string of the molecule is O=C(Nc1ncccn1)C(=O)N(Cc1ccccc1)Cc1ccccc1. The van der Waals surface area contributed by atoms with Gasteiger partial charge in [0.25, 0.3) is 0 Å². The van der Waals surface area contributed by atoms with Crippen LogP contribution in [0.15, 0.2) is 79.1 Å². The van der Waals surface area contributed by atoms with E-state index in [9.17, 15) is 9.59 Å². The van der Waals surface area contributed by atoms with E-state index in [-0.39, 0.29) is 5.95 Å². The fourth-order valence-corrected chi connectivity index (χ4v) is 2.47. The smallest absolute Gasteiger partial charge is 0.316 e. The Balaban J connectivity index is 1.77. The van der Waals surface area contributed by atoms with Gasteiger partial charge in [-0.15, -0.1) is 0 Å². The fourth-order valence-electron chi connectivity index (χ4n) is 2.47. The number of carbonyl (C=O) groups excluding carboxylic acids is 2. The molecule has 130 valence electrons. The monoisotopic (exact) mass is 346 g/mol. The summed E-state index contributed by atoms with van der Waals surface area (Å²) in [5.74, 6) is -1.29. The molecule has 0 saturated carbocycles. The lowest BCUT2D eigenvalue weighted by Gasteiger charge is -2.22. The molecule has 3 rings (SSSR count). The van der Waals surface area contributed by atoms with Gasteiger partial charge in [-0.3, -0.25) is 14.9 Å². The van der Waals surface area contributed by atoms with Gasteiger partial charge in [0.05, 0.1) is 0 Å². The first kappa shape index (κ1) is 17.3. The van der Waals surface area contributed by atoms with Crippen LogP contribution in [0.5, 0.6) is 0 Å². The number of rotatable bonds is 5. The molecule has 1 heterocycles. The van der Waals surface area contributed by atoms with Gasteiger partial charge in [-0.1, -0.05) is 60.7 Å². The van der Waals surface area contributed by atoms with Crippen molar-refractivity contribution >= 4 is 17.8 Å². The summed E-state index contributed by atoms with van der Waals surface area (Å²) < 4.78 is 0. The lowest BCUT2D eigenvalue weighted by Crippen LogP contribution is -2.39. The molecule has 0 aliphatic rings. The number of nitrogens with one attached hydrogen (secondary N) is 1. The zero-order valence-electron chi connectivity index (χ0n) is 14.1. The predicted octanol–water partition coefficient (Wildman–Crippen LogP) is 2.64. The van der Waals surface area contributed by atoms with Crippen molar-refractivity contribution in [3.8, 4) is 0 Å². The van der Waals surface area contributed by atoms with Crippen LogP contribution in [0, 0.1) is 0 Å². The highest BCUT2D eigenvalue weighted by atomic mass is 16.2. The second-order valence-corrected chi connectivity index (χ2v) is 5.66. The lowest BCUT2D eigenvalue weighted by atomic mass is 10.1. The number of nitrogens with zero attached hydrogens (tertiary/aromatic N) is 3. The molecular weight excluding hydrogens is 328 g/mol. The molecule has 0 radical (unpaired) electrons. The van der Waals surface area contributed by atoms with Crippen molar-refractivity contribution in [3.05, 3.63) is 90.3 Å².